The first-order valence-corrected chi connectivity index (χ1v) is 43.8. The highest BCUT2D eigenvalue weighted by Crippen LogP contribution is 2.43. The lowest BCUT2D eigenvalue weighted by Crippen LogP contribution is -1.96. The van der Waals surface area contributed by atoms with Gasteiger partial charge in [0.2, 0.25) is 0 Å². The molecular weight excluding hydrogens is 1600 g/mol. The Bertz CT molecular complexity index is 7890. The second-order valence-electron chi connectivity index (χ2n) is 32.1. The third kappa shape index (κ3) is 17.7. The smallest absolute Gasteiger partial charge is 0.160 e. The van der Waals surface area contributed by atoms with Gasteiger partial charge in [0.05, 0.1) is 69.1 Å². The van der Waals surface area contributed by atoms with Gasteiger partial charge in [-0.25, -0.2) is 29.9 Å². The molecule has 0 aliphatic carbocycles. The number of fused-ring (bicyclic) bond motifs is 3. The third-order valence-corrected chi connectivity index (χ3v) is 23.9. The standard InChI is InChI=1S/C45H29N3.2C39H25N3/c46-30-31-15-17-32(18-16-31)33-19-21-34(22-20-33)39-27-28-40(42-14-8-7-13-41(39)42)35-23-25-37(26-24-35)44-29-43(36-9-3-1-4-10-36)47-45(48-44)38-11-5-2-6-12-38;40-26-27-18-20-28(21-19-27)33-22-23-34(36-17-8-7-16-35(33)36)31-14-9-15-32(24-31)38-25-37(29-10-3-1-4-11-29)41-39(42-38)30-12-5-2-6-13-30;40-26-27-15-17-28(18-16-27)33-23-24-34(36-14-8-7-13-35(33)36)29-19-21-31(22-20-29)38-25-37(30-9-3-1-4-10-30)41-39(42-38)32-11-5-2-6-12-32/h1-29H;2*1-25H. The molecule has 9 heteroatoms. The fraction of sp³-hybridized carbons (Fsp3) is 0. The highest BCUT2D eigenvalue weighted by Gasteiger charge is 2.20. The quantitative estimate of drug-likeness (QED) is 0.0921. The molecule has 0 aliphatic heterocycles. The van der Waals surface area contributed by atoms with Gasteiger partial charge in [0.1, 0.15) is 0 Å². The predicted octanol–water partition coefficient (Wildman–Crippen LogP) is 31.2. The van der Waals surface area contributed by atoms with Crippen molar-refractivity contribution in [2.45, 2.75) is 0 Å². The van der Waals surface area contributed by atoms with E-state index >= 15 is 0 Å². The van der Waals surface area contributed by atoms with E-state index in [0.717, 1.165) is 145 Å². The summed E-state index contributed by atoms with van der Waals surface area (Å²) in [5.41, 5.74) is 32.6. The zero-order chi connectivity index (χ0) is 88.9. The third-order valence-electron chi connectivity index (χ3n) is 23.9. The number of nitriles is 3. The molecule has 0 spiro atoms. The molecule has 3 aromatic heterocycles. The zero-order valence-corrected chi connectivity index (χ0v) is 71.6. The Kier molecular flexibility index (Phi) is 23.5. The molecule has 3 heterocycles. The number of hydrogen-bond donors (Lipinski definition) is 0. The molecule has 0 saturated heterocycles. The summed E-state index contributed by atoms with van der Waals surface area (Å²) in [6.45, 7) is 0. The highest BCUT2D eigenvalue weighted by atomic mass is 14.9. The lowest BCUT2D eigenvalue weighted by atomic mass is 9.91. The Morgan fingerprint density at radius 1 is 0.129 bits per heavy atom. The molecule has 0 N–H and O–H groups in total. The van der Waals surface area contributed by atoms with Crippen LogP contribution < -0.4 is 0 Å². The molecule has 0 aliphatic rings. The number of benzene rings is 19. The molecule has 0 radical (unpaired) electrons. The van der Waals surface area contributed by atoms with Crippen LogP contribution in [0.15, 0.2) is 479 Å². The maximum Gasteiger partial charge on any atom is 0.160 e. The second-order valence-corrected chi connectivity index (χ2v) is 32.1. The van der Waals surface area contributed by atoms with Gasteiger partial charge in [0.25, 0.3) is 0 Å². The first-order valence-electron chi connectivity index (χ1n) is 43.8. The average Bonchev–Trinajstić information content (AvgIpc) is 0.776. The minimum atomic E-state index is 0.659. The van der Waals surface area contributed by atoms with Crippen molar-refractivity contribution in [1.29, 1.82) is 15.8 Å². The number of aromatic nitrogens is 6. The maximum atomic E-state index is 9.23. The van der Waals surface area contributed by atoms with E-state index in [0.29, 0.717) is 34.2 Å². The van der Waals surface area contributed by atoms with Gasteiger partial charge in [-0.2, -0.15) is 15.8 Å². The van der Waals surface area contributed by atoms with Gasteiger partial charge in [-0.1, -0.05) is 419 Å². The summed E-state index contributed by atoms with van der Waals surface area (Å²) in [5, 5.41) is 34.7. The van der Waals surface area contributed by atoms with Crippen LogP contribution in [0, 0.1) is 34.0 Å². The van der Waals surface area contributed by atoms with E-state index in [1.165, 1.54) is 49.0 Å². The topological polar surface area (TPSA) is 149 Å². The Balaban J connectivity index is 0.000000124. The van der Waals surface area contributed by atoms with Crippen molar-refractivity contribution < 1.29 is 0 Å². The summed E-state index contributed by atoms with van der Waals surface area (Å²) < 4.78 is 0. The number of nitrogens with zero attached hydrogens (tertiary/aromatic N) is 9. The van der Waals surface area contributed by atoms with Crippen LogP contribution >= 0.6 is 0 Å². The molecule has 9 nitrogen and oxygen atoms in total. The van der Waals surface area contributed by atoms with Gasteiger partial charge in [-0.15, -0.1) is 0 Å². The lowest BCUT2D eigenvalue weighted by Gasteiger charge is -2.14. The molecule has 132 heavy (non-hydrogen) atoms. The van der Waals surface area contributed by atoms with Gasteiger partial charge >= 0.3 is 0 Å². The van der Waals surface area contributed by atoms with Crippen molar-refractivity contribution >= 4 is 32.3 Å². The van der Waals surface area contributed by atoms with Gasteiger partial charge in [-0.05, 0) is 171 Å². The molecule has 0 saturated carbocycles. The van der Waals surface area contributed by atoms with Gasteiger partial charge < -0.3 is 0 Å². The molecule has 0 unspecified atom stereocenters. The fourth-order valence-corrected chi connectivity index (χ4v) is 17.1. The van der Waals surface area contributed by atoms with Crippen molar-refractivity contribution in [2.75, 3.05) is 0 Å². The van der Waals surface area contributed by atoms with Crippen molar-refractivity contribution in [3.8, 4) is 198 Å². The van der Waals surface area contributed by atoms with Crippen LogP contribution in [0.2, 0.25) is 0 Å². The Morgan fingerprint density at radius 3 is 0.553 bits per heavy atom. The van der Waals surface area contributed by atoms with Crippen LogP contribution in [0.1, 0.15) is 16.7 Å². The largest absolute Gasteiger partial charge is 0.228 e. The summed E-state index contributed by atoms with van der Waals surface area (Å²) in [4.78, 5) is 29.8. The van der Waals surface area contributed by atoms with E-state index in [-0.39, 0.29) is 0 Å². The van der Waals surface area contributed by atoms with E-state index in [1.807, 2.05) is 206 Å². The minimum absolute atomic E-state index is 0.659. The Morgan fingerprint density at radius 2 is 0.303 bits per heavy atom. The van der Waals surface area contributed by atoms with E-state index in [4.69, 9.17) is 35.2 Å². The van der Waals surface area contributed by atoms with Crippen molar-refractivity contribution in [3.63, 3.8) is 0 Å². The summed E-state index contributed by atoms with van der Waals surface area (Å²) in [7, 11) is 0. The van der Waals surface area contributed by atoms with Crippen LogP contribution in [0.4, 0.5) is 0 Å². The lowest BCUT2D eigenvalue weighted by molar-refractivity contribution is 1.18. The normalized spacial score (nSPS) is 10.9. The van der Waals surface area contributed by atoms with Gasteiger partial charge in [0, 0.05) is 50.1 Å². The summed E-state index contributed by atoms with van der Waals surface area (Å²) in [6.07, 6.45) is 0. The van der Waals surface area contributed by atoms with Gasteiger partial charge in [-0.3, -0.25) is 0 Å². The van der Waals surface area contributed by atoms with Crippen LogP contribution in [-0.4, -0.2) is 29.9 Å². The predicted molar refractivity (Wildman–Crippen MR) is 540 cm³/mol. The molecule has 0 atom stereocenters. The number of hydrogen-bond acceptors (Lipinski definition) is 9. The first kappa shape index (κ1) is 82.0. The summed E-state index contributed by atoms with van der Waals surface area (Å²) >= 11 is 0. The van der Waals surface area contributed by atoms with E-state index in [2.05, 4.69) is 291 Å². The Labute approximate surface area is 766 Å². The molecule has 19 aromatic carbocycles. The van der Waals surface area contributed by atoms with Crippen LogP contribution in [0.25, 0.3) is 212 Å². The average molecular weight is 1680 g/mol. The molecule has 22 rings (SSSR count). The molecular formula is C123H79N9. The molecule has 22 aromatic rings. The summed E-state index contributed by atoms with van der Waals surface area (Å²) in [5.74, 6) is 2.12. The van der Waals surface area contributed by atoms with Crippen LogP contribution in [-0.2, 0) is 0 Å². The zero-order valence-electron chi connectivity index (χ0n) is 71.6. The molecule has 0 bridgehead atoms. The number of rotatable bonds is 16. The highest BCUT2D eigenvalue weighted by molar-refractivity contribution is 6.08. The van der Waals surface area contributed by atoms with Gasteiger partial charge in [0.15, 0.2) is 17.5 Å². The second kappa shape index (κ2) is 37.8. The summed E-state index contributed by atoms with van der Waals surface area (Å²) in [6, 6.07) is 171. The van der Waals surface area contributed by atoms with Crippen LogP contribution in [0.5, 0.6) is 0 Å². The first-order chi connectivity index (χ1) is 65.3. The fourth-order valence-electron chi connectivity index (χ4n) is 17.1. The van der Waals surface area contributed by atoms with E-state index in [9.17, 15) is 10.5 Å². The monoisotopic (exact) mass is 1680 g/mol. The van der Waals surface area contributed by atoms with Crippen molar-refractivity contribution in [2.24, 2.45) is 0 Å². The van der Waals surface area contributed by atoms with E-state index in [1.54, 1.807) is 0 Å². The van der Waals surface area contributed by atoms with Crippen molar-refractivity contribution in [3.05, 3.63) is 496 Å². The molecule has 0 amide bonds. The minimum Gasteiger partial charge on any atom is -0.228 e. The van der Waals surface area contributed by atoms with Crippen molar-refractivity contribution in [1.82, 2.24) is 29.9 Å². The van der Waals surface area contributed by atoms with E-state index < -0.39 is 0 Å². The van der Waals surface area contributed by atoms with Crippen LogP contribution in [0.3, 0.4) is 0 Å². The Hall–Kier alpha value is -18.3. The SMILES string of the molecule is N#Cc1ccc(-c2ccc(-c3ccc(-c4cc(-c5ccccc5)nc(-c5ccccc5)n4)cc3)c3ccccc23)cc1.N#Cc1ccc(-c2ccc(-c3ccc(-c4ccc(-c5cc(-c6ccccc6)nc(-c6ccccc6)n5)cc4)c4ccccc34)cc2)cc1.N#Cc1ccc(-c2ccc(-c3cccc(-c4cc(-c5ccccc5)nc(-c5ccccc5)n4)c3)c3ccccc23)cc1. The maximum absolute atomic E-state index is 9.23. The molecule has 0 fully saturated rings. The molecule has 616 valence electrons.